The summed E-state index contributed by atoms with van der Waals surface area (Å²) in [4.78, 5) is 1.45. The maximum Gasteiger partial charge on any atom is 0.118 e. The Balaban J connectivity index is 1.74. The highest BCUT2D eigenvalue weighted by atomic mass is 35.5. The minimum absolute atomic E-state index is 0.311. The maximum atomic E-state index is 6.18. The molecule has 2 aromatic rings. The van der Waals surface area contributed by atoms with E-state index < -0.39 is 0 Å². The van der Waals surface area contributed by atoms with Crippen LogP contribution in [0.2, 0.25) is 4.34 Å². The third kappa shape index (κ3) is 3.25. The molecule has 0 amide bonds. The van der Waals surface area contributed by atoms with Crippen LogP contribution >= 0.6 is 22.9 Å². The van der Waals surface area contributed by atoms with Crippen LogP contribution in [-0.2, 0) is 6.42 Å². The van der Waals surface area contributed by atoms with E-state index in [1.165, 1.54) is 35.3 Å². The lowest BCUT2D eigenvalue weighted by Gasteiger charge is -2.27. The SMILES string of the molecule is COc1ccc([C@H](C)NC2CCCc3sc(Cl)cc32)cc1. The van der Waals surface area contributed by atoms with Gasteiger partial charge in [0.15, 0.2) is 0 Å². The van der Waals surface area contributed by atoms with Crippen LogP contribution in [0.15, 0.2) is 30.3 Å². The Hall–Kier alpha value is -1.03. The first-order chi connectivity index (χ1) is 10.2. The number of aryl methyl sites for hydroxylation is 1. The average molecular weight is 322 g/mol. The maximum absolute atomic E-state index is 6.18. The fraction of sp³-hybridized carbons (Fsp3) is 0.412. The van der Waals surface area contributed by atoms with Gasteiger partial charge in [0.25, 0.3) is 0 Å². The highest BCUT2D eigenvalue weighted by Crippen LogP contribution is 2.38. The van der Waals surface area contributed by atoms with Gasteiger partial charge in [-0.25, -0.2) is 0 Å². The summed E-state index contributed by atoms with van der Waals surface area (Å²) >= 11 is 7.91. The smallest absolute Gasteiger partial charge is 0.118 e. The van der Waals surface area contributed by atoms with Crippen LogP contribution < -0.4 is 10.1 Å². The van der Waals surface area contributed by atoms with E-state index >= 15 is 0 Å². The van der Waals surface area contributed by atoms with Crippen LogP contribution in [0.1, 0.15) is 47.9 Å². The predicted octanol–water partition coefficient (Wildman–Crippen LogP) is 5.14. The van der Waals surface area contributed by atoms with Crippen molar-refractivity contribution in [3.8, 4) is 5.75 Å². The first-order valence-corrected chi connectivity index (χ1v) is 8.55. The summed E-state index contributed by atoms with van der Waals surface area (Å²) in [7, 11) is 1.69. The van der Waals surface area contributed by atoms with Gasteiger partial charge in [-0.1, -0.05) is 23.7 Å². The minimum atomic E-state index is 0.311. The highest BCUT2D eigenvalue weighted by Gasteiger charge is 2.24. The fourth-order valence-electron chi connectivity index (χ4n) is 2.99. The van der Waals surface area contributed by atoms with Crippen molar-refractivity contribution in [2.45, 2.75) is 38.3 Å². The van der Waals surface area contributed by atoms with Crippen molar-refractivity contribution in [3.05, 3.63) is 50.7 Å². The molecule has 1 aromatic carbocycles. The molecule has 1 aliphatic carbocycles. The molecule has 2 atom stereocenters. The summed E-state index contributed by atoms with van der Waals surface area (Å²) in [5.41, 5.74) is 2.68. The van der Waals surface area contributed by atoms with Gasteiger partial charge in [0, 0.05) is 17.0 Å². The summed E-state index contributed by atoms with van der Waals surface area (Å²) in [5, 5.41) is 3.75. The Labute approximate surface area is 135 Å². The van der Waals surface area contributed by atoms with E-state index in [2.05, 4.69) is 30.4 Å². The summed E-state index contributed by atoms with van der Waals surface area (Å²) in [6.45, 7) is 2.21. The molecule has 0 aliphatic heterocycles. The number of halogens is 1. The van der Waals surface area contributed by atoms with Crippen molar-refractivity contribution in [3.63, 3.8) is 0 Å². The molecule has 1 N–H and O–H groups in total. The first kappa shape index (κ1) is 14.9. The Kier molecular flexibility index (Phi) is 4.53. The van der Waals surface area contributed by atoms with E-state index in [1.807, 2.05) is 12.1 Å². The third-order valence-corrected chi connectivity index (χ3v) is 5.49. The van der Waals surface area contributed by atoms with Gasteiger partial charge in [-0.05, 0) is 55.5 Å². The van der Waals surface area contributed by atoms with Gasteiger partial charge in [-0.2, -0.15) is 0 Å². The van der Waals surface area contributed by atoms with Crippen LogP contribution in [0.25, 0.3) is 0 Å². The Morgan fingerprint density at radius 1 is 1.33 bits per heavy atom. The lowest BCUT2D eigenvalue weighted by molar-refractivity contribution is 0.410. The lowest BCUT2D eigenvalue weighted by atomic mass is 9.93. The van der Waals surface area contributed by atoms with Crippen molar-refractivity contribution in [1.82, 2.24) is 5.32 Å². The summed E-state index contributed by atoms with van der Waals surface area (Å²) < 4.78 is 6.12. The monoisotopic (exact) mass is 321 g/mol. The number of rotatable bonds is 4. The molecule has 0 fully saturated rings. The average Bonchev–Trinajstić information content (AvgIpc) is 2.88. The molecule has 1 aromatic heterocycles. The number of hydrogen-bond donors (Lipinski definition) is 1. The number of benzene rings is 1. The molecule has 112 valence electrons. The van der Waals surface area contributed by atoms with E-state index in [9.17, 15) is 0 Å². The molecule has 1 heterocycles. The number of fused-ring (bicyclic) bond motifs is 1. The molecule has 21 heavy (non-hydrogen) atoms. The normalized spacial score (nSPS) is 19.1. The topological polar surface area (TPSA) is 21.3 Å². The Morgan fingerprint density at radius 2 is 2.10 bits per heavy atom. The first-order valence-electron chi connectivity index (χ1n) is 7.35. The Morgan fingerprint density at radius 3 is 2.81 bits per heavy atom. The fourth-order valence-corrected chi connectivity index (χ4v) is 4.37. The van der Waals surface area contributed by atoms with Crippen molar-refractivity contribution in [2.24, 2.45) is 0 Å². The molecular formula is C17H20ClNOS. The van der Waals surface area contributed by atoms with Gasteiger partial charge in [0.05, 0.1) is 11.4 Å². The highest BCUT2D eigenvalue weighted by molar-refractivity contribution is 7.16. The number of hydrogen-bond acceptors (Lipinski definition) is 3. The second kappa shape index (κ2) is 6.39. The molecule has 1 aliphatic rings. The van der Waals surface area contributed by atoms with Crippen molar-refractivity contribution < 1.29 is 4.74 Å². The van der Waals surface area contributed by atoms with Crippen molar-refractivity contribution in [2.75, 3.05) is 7.11 Å². The molecular weight excluding hydrogens is 302 g/mol. The molecule has 3 rings (SSSR count). The zero-order valence-corrected chi connectivity index (χ0v) is 13.9. The van der Waals surface area contributed by atoms with Gasteiger partial charge in [-0.3, -0.25) is 0 Å². The quantitative estimate of drug-likeness (QED) is 0.842. The second-order valence-electron chi connectivity index (χ2n) is 5.54. The zero-order valence-electron chi connectivity index (χ0n) is 12.4. The molecule has 0 saturated heterocycles. The van der Waals surface area contributed by atoms with E-state index in [1.54, 1.807) is 18.4 Å². The summed E-state index contributed by atoms with van der Waals surface area (Å²) in [6, 6.07) is 11.1. The molecule has 0 spiro atoms. The molecule has 4 heteroatoms. The summed E-state index contributed by atoms with van der Waals surface area (Å²) in [6.07, 6.45) is 3.58. The lowest BCUT2D eigenvalue weighted by Crippen LogP contribution is -2.27. The number of nitrogens with one attached hydrogen (secondary N) is 1. The van der Waals surface area contributed by atoms with Crippen molar-refractivity contribution >= 4 is 22.9 Å². The van der Waals surface area contributed by atoms with E-state index in [0.717, 1.165) is 10.1 Å². The van der Waals surface area contributed by atoms with E-state index in [-0.39, 0.29) is 0 Å². The van der Waals surface area contributed by atoms with Crippen LogP contribution in [0, 0.1) is 0 Å². The summed E-state index contributed by atoms with van der Waals surface area (Å²) in [5.74, 6) is 0.899. The van der Waals surface area contributed by atoms with E-state index in [0.29, 0.717) is 12.1 Å². The molecule has 1 unspecified atom stereocenters. The molecule has 0 radical (unpaired) electrons. The van der Waals surface area contributed by atoms with Crippen LogP contribution in [0.5, 0.6) is 5.75 Å². The van der Waals surface area contributed by atoms with Gasteiger partial charge < -0.3 is 10.1 Å². The van der Waals surface area contributed by atoms with Crippen LogP contribution in [-0.4, -0.2) is 7.11 Å². The third-order valence-electron chi connectivity index (χ3n) is 4.15. The van der Waals surface area contributed by atoms with Gasteiger partial charge in [-0.15, -0.1) is 11.3 Å². The number of thiophene rings is 1. The van der Waals surface area contributed by atoms with Gasteiger partial charge >= 0.3 is 0 Å². The van der Waals surface area contributed by atoms with E-state index in [4.69, 9.17) is 16.3 Å². The minimum Gasteiger partial charge on any atom is -0.497 e. The number of ether oxygens (including phenoxy) is 1. The standard InChI is InChI=1S/C17H20ClNOS/c1-11(12-6-8-13(20-2)9-7-12)19-15-4-3-5-16-14(15)10-17(18)21-16/h6-11,15,19H,3-5H2,1-2H3/t11-,15?/m0/s1. The molecule has 0 bridgehead atoms. The van der Waals surface area contributed by atoms with Crippen molar-refractivity contribution in [1.29, 1.82) is 0 Å². The van der Waals surface area contributed by atoms with Crippen LogP contribution in [0.3, 0.4) is 0 Å². The molecule has 0 saturated carbocycles. The largest absolute Gasteiger partial charge is 0.497 e. The Bertz CT molecular complexity index is 608. The second-order valence-corrected chi connectivity index (χ2v) is 7.30. The van der Waals surface area contributed by atoms with Gasteiger partial charge in [0.1, 0.15) is 5.75 Å². The number of methoxy groups -OCH3 is 1. The molecule has 2 nitrogen and oxygen atoms in total. The van der Waals surface area contributed by atoms with Gasteiger partial charge in [0.2, 0.25) is 0 Å². The zero-order chi connectivity index (χ0) is 14.8. The predicted molar refractivity (Wildman–Crippen MR) is 89.6 cm³/mol. The van der Waals surface area contributed by atoms with Crippen LogP contribution in [0.4, 0.5) is 0 Å².